The third-order valence-electron chi connectivity index (χ3n) is 3.01. The van der Waals surface area contributed by atoms with Gasteiger partial charge in [-0.1, -0.05) is 0 Å². The van der Waals surface area contributed by atoms with Crippen LogP contribution in [0.15, 0.2) is 28.5 Å². The summed E-state index contributed by atoms with van der Waals surface area (Å²) >= 11 is 0. The van der Waals surface area contributed by atoms with Crippen molar-refractivity contribution in [3.63, 3.8) is 0 Å². The SMILES string of the molecule is COC(=O)c1c(OC)ccc(N=CC(C(C)=O)=C(C)O)c1OC. The maximum Gasteiger partial charge on any atom is 0.345 e. The third-order valence-corrected chi connectivity index (χ3v) is 3.01. The van der Waals surface area contributed by atoms with Crippen LogP contribution in [0.25, 0.3) is 0 Å². The van der Waals surface area contributed by atoms with Gasteiger partial charge in [0, 0.05) is 6.21 Å². The molecule has 7 heteroatoms. The van der Waals surface area contributed by atoms with E-state index >= 15 is 0 Å². The largest absolute Gasteiger partial charge is 0.512 e. The Morgan fingerprint density at radius 1 is 1.13 bits per heavy atom. The molecule has 0 saturated heterocycles. The van der Waals surface area contributed by atoms with Crippen LogP contribution in [0.3, 0.4) is 0 Å². The number of ketones is 1. The highest BCUT2D eigenvalue weighted by Crippen LogP contribution is 2.38. The van der Waals surface area contributed by atoms with Gasteiger partial charge in [-0.3, -0.25) is 9.79 Å². The summed E-state index contributed by atoms with van der Waals surface area (Å²) in [5.41, 5.74) is 0.428. The molecule has 0 aliphatic rings. The van der Waals surface area contributed by atoms with E-state index in [1.165, 1.54) is 47.5 Å². The number of aliphatic imine (C=N–C) groups is 1. The van der Waals surface area contributed by atoms with Gasteiger partial charge in [0.1, 0.15) is 22.8 Å². The Bertz CT molecular complexity index is 671. The van der Waals surface area contributed by atoms with Crippen LogP contribution in [0.1, 0.15) is 24.2 Å². The van der Waals surface area contributed by atoms with E-state index in [0.29, 0.717) is 0 Å². The Morgan fingerprint density at radius 3 is 2.22 bits per heavy atom. The van der Waals surface area contributed by atoms with Gasteiger partial charge in [0.2, 0.25) is 0 Å². The minimum Gasteiger partial charge on any atom is -0.512 e. The molecule has 0 spiro atoms. The van der Waals surface area contributed by atoms with E-state index in [1.807, 2.05) is 0 Å². The van der Waals surface area contributed by atoms with Crippen LogP contribution in [-0.4, -0.2) is 44.4 Å². The first-order valence-corrected chi connectivity index (χ1v) is 6.65. The lowest BCUT2D eigenvalue weighted by Gasteiger charge is -2.13. The number of carbonyl (C=O) groups is 2. The number of benzene rings is 1. The summed E-state index contributed by atoms with van der Waals surface area (Å²) < 4.78 is 15.1. The van der Waals surface area contributed by atoms with E-state index in [2.05, 4.69) is 4.99 Å². The molecule has 0 radical (unpaired) electrons. The van der Waals surface area contributed by atoms with E-state index in [-0.39, 0.29) is 39.9 Å². The lowest BCUT2D eigenvalue weighted by atomic mass is 10.1. The van der Waals surface area contributed by atoms with Gasteiger partial charge >= 0.3 is 5.97 Å². The molecule has 0 aromatic heterocycles. The molecule has 1 rings (SSSR count). The summed E-state index contributed by atoms with van der Waals surface area (Å²) in [6.45, 7) is 2.69. The molecule has 0 bridgehead atoms. The number of aliphatic hydroxyl groups is 1. The minimum absolute atomic E-state index is 0.0579. The highest BCUT2D eigenvalue weighted by molar-refractivity contribution is 6.13. The fourth-order valence-corrected chi connectivity index (χ4v) is 1.90. The van der Waals surface area contributed by atoms with Crippen LogP contribution >= 0.6 is 0 Å². The summed E-state index contributed by atoms with van der Waals surface area (Å²) in [5, 5.41) is 9.49. The first-order chi connectivity index (χ1) is 10.9. The standard InChI is InChI=1S/C16H19NO6/c1-9(18)11(10(2)19)8-17-12-6-7-13(21-3)14(15(12)22-4)16(20)23-5/h6-8,18H,1-5H3. The van der Waals surface area contributed by atoms with Gasteiger partial charge in [0.25, 0.3) is 0 Å². The second-order valence-electron chi connectivity index (χ2n) is 4.50. The summed E-state index contributed by atoms with van der Waals surface area (Å²) in [5.74, 6) is -0.716. The second kappa shape index (κ2) is 7.98. The fourth-order valence-electron chi connectivity index (χ4n) is 1.90. The zero-order chi connectivity index (χ0) is 17.6. The smallest absolute Gasteiger partial charge is 0.345 e. The Balaban J connectivity index is 3.47. The molecule has 0 saturated carbocycles. The maximum atomic E-state index is 11.9. The Morgan fingerprint density at radius 2 is 1.78 bits per heavy atom. The molecule has 0 aliphatic heterocycles. The number of Topliss-reactive ketones (excluding diaryl/α,β-unsaturated/α-hetero) is 1. The highest BCUT2D eigenvalue weighted by atomic mass is 16.5. The molecule has 0 heterocycles. The molecule has 1 N–H and O–H groups in total. The number of rotatable bonds is 6. The van der Waals surface area contributed by atoms with Gasteiger partial charge in [-0.2, -0.15) is 0 Å². The molecule has 0 aliphatic carbocycles. The number of aliphatic hydroxyl groups excluding tert-OH is 1. The van der Waals surface area contributed by atoms with E-state index in [0.717, 1.165) is 0 Å². The van der Waals surface area contributed by atoms with Crippen molar-refractivity contribution in [1.82, 2.24) is 0 Å². The Hall–Kier alpha value is -2.83. The number of hydrogen-bond donors (Lipinski definition) is 1. The number of methoxy groups -OCH3 is 3. The first kappa shape index (κ1) is 18.2. The predicted octanol–water partition coefficient (Wildman–Crippen LogP) is 2.61. The van der Waals surface area contributed by atoms with Gasteiger partial charge < -0.3 is 19.3 Å². The molecule has 1 aromatic carbocycles. The second-order valence-corrected chi connectivity index (χ2v) is 4.50. The zero-order valence-corrected chi connectivity index (χ0v) is 13.7. The molecule has 23 heavy (non-hydrogen) atoms. The number of allylic oxidation sites excluding steroid dienone is 2. The number of nitrogens with zero attached hydrogens (tertiary/aromatic N) is 1. The Kier molecular flexibility index (Phi) is 6.32. The van der Waals surface area contributed by atoms with Crippen LogP contribution in [0, 0.1) is 0 Å². The van der Waals surface area contributed by atoms with Crippen molar-refractivity contribution in [2.75, 3.05) is 21.3 Å². The van der Waals surface area contributed by atoms with Crippen LogP contribution in [0.5, 0.6) is 11.5 Å². The topological polar surface area (TPSA) is 94.4 Å². The van der Waals surface area contributed by atoms with E-state index < -0.39 is 5.97 Å². The molecular formula is C16H19NO6. The highest BCUT2D eigenvalue weighted by Gasteiger charge is 2.22. The van der Waals surface area contributed by atoms with Crippen molar-refractivity contribution in [3.8, 4) is 11.5 Å². The van der Waals surface area contributed by atoms with Crippen molar-refractivity contribution in [2.45, 2.75) is 13.8 Å². The summed E-state index contributed by atoms with van der Waals surface area (Å²) in [4.78, 5) is 27.5. The predicted molar refractivity (Wildman–Crippen MR) is 85.0 cm³/mol. The van der Waals surface area contributed by atoms with Gasteiger partial charge in [-0.05, 0) is 26.0 Å². The minimum atomic E-state index is -0.642. The van der Waals surface area contributed by atoms with Crippen LogP contribution in [-0.2, 0) is 9.53 Å². The van der Waals surface area contributed by atoms with Crippen LogP contribution < -0.4 is 9.47 Å². The van der Waals surface area contributed by atoms with Crippen molar-refractivity contribution < 1.29 is 28.9 Å². The average Bonchev–Trinajstić information content (AvgIpc) is 2.52. The molecule has 0 fully saturated rings. The molecule has 124 valence electrons. The number of hydrogen-bond acceptors (Lipinski definition) is 7. The van der Waals surface area contributed by atoms with Gasteiger partial charge in [0.05, 0.1) is 26.9 Å². The monoisotopic (exact) mass is 321 g/mol. The van der Waals surface area contributed by atoms with E-state index in [9.17, 15) is 14.7 Å². The molecule has 0 amide bonds. The summed E-state index contributed by atoms with van der Waals surface area (Å²) in [7, 11) is 4.03. The van der Waals surface area contributed by atoms with E-state index in [1.54, 1.807) is 6.07 Å². The molecule has 7 nitrogen and oxygen atoms in total. The number of carbonyl (C=O) groups excluding carboxylic acids is 2. The van der Waals surface area contributed by atoms with Crippen molar-refractivity contribution >= 4 is 23.7 Å². The molecular weight excluding hydrogens is 302 g/mol. The normalized spacial score (nSPS) is 11.9. The van der Waals surface area contributed by atoms with Crippen LogP contribution in [0.2, 0.25) is 0 Å². The lowest BCUT2D eigenvalue weighted by Crippen LogP contribution is -2.07. The van der Waals surface area contributed by atoms with Gasteiger partial charge in [-0.15, -0.1) is 0 Å². The van der Waals surface area contributed by atoms with Crippen molar-refractivity contribution in [3.05, 3.63) is 29.0 Å². The summed E-state index contributed by atoms with van der Waals surface area (Å²) in [6.07, 6.45) is 1.21. The third kappa shape index (κ3) is 4.09. The zero-order valence-electron chi connectivity index (χ0n) is 13.7. The molecule has 1 aromatic rings. The summed E-state index contributed by atoms with van der Waals surface area (Å²) in [6, 6.07) is 3.09. The fraction of sp³-hybridized carbons (Fsp3) is 0.312. The first-order valence-electron chi connectivity index (χ1n) is 6.65. The van der Waals surface area contributed by atoms with Crippen molar-refractivity contribution in [2.24, 2.45) is 4.99 Å². The van der Waals surface area contributed by atoms with Crippen LogP contribution in [0.4, 0.5) is 5.69 Å². The number of esters is 1. The van der Waals surface area contributed by atoms with Gasteiger partial charge in [-0.25, -0.2) is 4.79 Å². The maximum absolute atomic E-state index is 11.9. The quantitative estimate of drug-likeness (QED) is 0.374. The van der Waals surface area contributed by atoms with Crippen molar-refractivity contribution in [1.29, 1.82) is 0 Å². The average molecular weight is 321 g/mol. The van der Waals surface area contributed by atoms with Gasteiger partial charge in [0.15, 0.2) is 11.5 Å². The van der Waals surface area contributed by atoms with E-state index in [4.69, 9.17) is 14.2 Å². The molecule has 0 atom stereocenters. The Labute approximate surface area is 134 Å². The number of ether oxygens (including phenoxy) is 3. The lowest BCUT2D eigenvalue weighted by molar-refractivity contribution is -0.113. The molecule has 0 unspecified atom stereocenters.